The molecule has 2 aliphatic heterocycles. The number of amides is 1. The van der Waals surface area contributed by atoms with Crippen LogP contribution in [0.15, 0.2) is 82.7 Å². The molecule has 36 heavy (non-hydrogen) atoms. The number of thioether (sulfide) groups is 1. The van der Waals surface area contributed by atoms with Crippen LogP contribution in [0.4, 0.5) is 4.39 Å². The first-order valence-electron chi connectivity index (χ1n) is 10.5. The second kappa shape index (κ2) is 9.55. The lowest BCUT2D eigenvalue weighted by Crippen LogP contribution is -2.35. The minimum Gasteiger partial charge on any atom is -0.493 e. The maximum Gasteiger partial charge on any atom is 0.346 e. The monoisotopic (exact) mass is 501 g/mol. The van der Waals surface area contributed by atoms with E-state index in [2.05, 4.69) is 15.1 Å². The van der Waals surface area contributed by atoms with Gasteiger partial charge in [0, 0.05) is 18.0 Å². The van der Waals surface area contributed by atoms with E-state index in [9.17, 15) is 14.0 Å². The number of ether oxygens (including phenoxy) is 2. The molecule has 1 aromatic heterocycles. The summed E-state index contributed by atoms with van der Waals surface area (Å²) in [5.41, 5.74) is 1.05. The highest BCUT2D eigenvalue weighted by Gasteiger charge is 2.36. The van der Waals surface area contributed by atoms with Gasteiger partial charge in [0.25, 0.3) is 5.91 Å². The van der Waals surface area contributed by atoms with Crippen LogP contribution in [0, 0.1) is 11.2 Å². The lowest BCUT2D eigenvalue weighted by molar-refractivity contribution is -0.114. The third-order valence-electron chi connectivity index (χ3n) is 5.16. The fourth-order valence-corrected chi connectivity index (χ4v) is 4.29. The number of benzene rings is 2. The summed E-state index contributed by atoms with van der Waals surface area (Å²) < 4.78 is 24.5. The number of nitrogens with one attached hydrogen (secondary N) is 1. The lowest BCUT2D eigenvalue weighted by atomic mass is 10.1. The second-order valence-electron chi connectivity index (χ2n) is 7.45. The molecule has 9 nitrogen and oxygen atoms in total. The number of hydrogen-bond acceptors (Lipinski definition) is 8. The molecular weight excluding hydrogens is 485 g/mol. The number of halogens is 1. The van der Waals surface area contributed by atoms with Crippen molar-refractivity contribution in [3.63, 3.8) is 0 Å². The molecule has 11 heteroatoms. The van der Waals surface area contributed by atoms with E-state index in [4.69, 9.17) is 14.9 Å². The fourth-order valence-electron chi connectivity index (χ4n) is 3.40. The Morgan fingerprint density at radius 3 is 2.72 bits per heavy atom. The number of methoxy groups -OCH3 is 1. The summed E-state index contributed by atoms with van der Waals surface area (Å²) in [5.74, 6) is -2.05. The topological polar surface area (TPSA) is 117 Å². The second-order valence-corrected chi connectivity index (χ2v) is 8.40. The van der Waals surface area contributed by atoms with Crippen LogP contribution in [0.2, 0.25) is 0 Å². The van der Waals surface area contributed by atoms with Gasteiger partial charge >= 0.3 is 5.97 Å². The van der Waals surface area contributed by atoms with Crippen LogP contribution in [0.5, 0.6) is 11.5 Å². The molecule has 5 rings (SSSR count). The zero-order valence-corrected chi connectivity index (χ0v) is 19.5. The van der Waals surface area contributed by atoms with Crippen molar-refractivity contribution in [2.24, 2.45) is 10.1 Å². The average Bonchev–Trinajstić information content (AvgIpc) is 3.32. The van der Waals surface area contributed by atoms with Crippen molar-refractivity contribution < 1.29 is 23.5 Å². The van der Waals surface area contributed by atoms with Crippen molar-refractivity contribution in [1.29, 1.82) is 5.41 Å². The van der Waals surface area contributed by atoms with E-state index in [-0.39, 0.29) is 33.6 Å². The number of rotatable bonds is 5. The zero-order chi connectivity index (χ0) is 25.2. The molecule has 1 N–H and O–H groups in total. The maximum absolute atomic E-state index is 13.9. The maximum atomic E-state index is 13.9. The first kappa shape index (κ1) is 23.1. The number of hydrogen-bond donors (Lipinski definition) is 1. The van der Waals surface area contributed by atoms with Crippen LogP contribution in [0.3, 0.4) is 0 Å². The Morgan fingerprint density at radius 2 is 1.97 bits per heavy atom. The number of carbonyl (C=O) groups is 2. The number of hydrazone groups is 1. The smallest absolute Gasteiger partial charge is 0.346 e. The molecule has 3 heterocycles. The van der Waals surface area contributed by atoms with Gasteiger partial charge in [0.15, 0.2) is 17.3 Å². The van der Waals surface area contributed by atoms with Gasteiger partial charge in [0.05, 0.1) is 18.2 Å². The lowest BCUT2D eigenvalue weighted by Gasteiger charge is -2.20. The van der Waals surface area contributed by atoms with Gasteiger partial charge in [-0.2, -0.15) is 15.1 Å². The first-order chi connectivity index (χ1) is 17.4. The molecule has 0 radical (unpaired) electrons. The largest absolute Gasteiger partial charge is 0.493 e. The molecule has 0 bridgehead atoms. The summed E-state index contributed by atoms with van der Waals surface area (Å²) in [4.78, 5) is 33.2. The van der Waals surface area contributed by atoms with Crippen LogP contribution in [0.25, 0.3) is 6.08 Å². The van der Waals surface area contributed by atoms with Gasteiger partial charge in [0.1, 0.15) is 10.9 Å². The minimum atomic E-state index is -0.877. The van der Waals surface area contributed by atoms with Gasteiger partial charge in [-0.05, 0) is 59.8 Å². The summed E-state index contributed by atoms with van der Waals surface area (Å²) in [6.45, 7) is 0. The molecule has 1 amide bonds. The SMILES string of the molecule is COc1cc(/C=C2/C(=N)N3N=C(c4cccnc4)SC3=NC2=O)ccc1OC(=O)c1ccccc1F. The minimum absolute atomic E-state index is 0.0219. The Kier molecular flexibility index (Phi) is 6.13. The van der Waals surface area contributed by atoms with Gasteiger partial charge in [-0.3, -0.25) is 15.2 Å². The number of carbonyl (C=O) groups excluding carboxylic acids is 2. The number of aromatic nitrogens is 1. The number of fused-ring (bicyclic) bond motifs is 1. The van der Waals surface area contributed by atoms with Crippen LogP contribution in [0.1, 0.15) is 21.5 Å². The van der Waals surface area contributed by atoms with E-state index in [1.54, 1.807) is 24.5 Å². The summed E-state index contributed by atoms with van der Waals surface area (Å²) >= 11 is 1.18. The summed E-state index contributed by atoms with van der Waals surface area (Å²) in [5, 5.41) is 15.1. The molecule has 178 valence electrons. The van der Waals surface area contributed by atoms with Crippen LogP contribution in [-0.4, -0.2) is 45.0 Å². The number of amidine groups is 2. The van der Waals surface area contributed by atoms with E-state index in [0.29, 0.717) is 10.6 Å². The Hall–Kier alpha value is -4.64. The van der Waals surface area contributed by atoms with E-state index in [0.717, 1.165) is 11.6 Å². The van der Waals surface area contributed by atoms with Crippen molar-refractivity contribution in [2.45, 2.75) is 0 Å². The molecule has 0 atom stereocenters. The number of esters is 1. The molecule has 0 saturated heterocycles. The summed E-state index contributed by atoms with van der Waals surface area (Å²) in [7, 11) is 1.38. The third-order valence-corrected chi connectivity index (χ3v) is 6.12. The van der Waals surface area contributed by atoms with Crippen LogP contribution >= 0.6 is 11.8 Å². The standard InChI is InChI=1S/C25H16FN5O4S/c1-34-20-12-14(8-9-19(20)35-24(33)16-6-2-3-7-18(16)26)11-17-21(27)31-25(29-22(17)32)36-23(30-31)15-5-4-10-28-13-15/h2-13,27H,1H3/b17-11-,27-21?. The van der Waals surface area contributed by atoms with E-state index in [1.165, 1.54) is 60.3 Å². The Morgan fingerprint density at radius 1 is 1.14 bits per heavy atom. The van der Waals surface area contributed by atoms with E-state index >= 15 is 0 Å². The predicted octanol–water partition coefficient (Wildman–Crippen LogP) is 4.12. The fraction of sp³-hybridized carbons (Fsp3) is 0.0400. The summed E-state index contributed by atoms with van der Waals surface area (Å²) in [6, 6.07) is 13.6. The molecule has 0 spiro atoms. The quantitative estimate of drug-likeness (QED) is 0.318. The van der Waals surface area contributed by atoms with Gasteiger partial charge in [-0.25, -0.2) is 9.18 Å². The molecule has 0 fully saturated rings. The van der Waals surface area contributed by atoms with E-state index < -0.39 is 17.7 Å². The van der Waals surface area contributed by atoms with Gasteiger partial charge < -0.3 is 9.47 Å². The van der Waals surface area contributed by atoms with Gasteiger partial charge in [-0.15, -0.1) is 0 Å². The van der Waals surface area contributed by atoms with Crippen molar-refractivity contribution in [3.8, 4) is 11.5 Å². The Balaban J connectivity index is 1.40. The highest BCUT2D eigenvalue weighted by Crippen LogP contribution is 2.33. The first-order valence-corrected chi connectivity index (χ1v) is 11.3. The highest BCUT2D eigenvalue weighted by molar-refractivity contribution is 8.27. The Labute approximate surface area is 208 Å². The number of aliphatic imine (C=N–C) groups is 1. The van der Waals surface area contributed by atoms with Crippen molar-refractivity contribution >= 4 is 45.8 Å². The normalized spacial score (nSPS) is 15.9. The molecule has 0 unspecified atom stereocenters. The molecular formula is C25H16FN5O4S. The Bertz CT molecular complexity index is 1500. The van der Waals surface area contributed by atoms with Crippen molar-refractivity contribution in [1.82, 2.24) is 9.99 Å². The predicted molar refractivity (Wildman–Crippen MR) is 133 cm³/mol. The zero-order valence-electron chi connectivity index (χ0n) is 18.6. The third kappa shape index (κ3) is 4.39. The van der Waals surface area contributed by atoms with Crippen LogP contribution in [-0.2, 0) is 4.79 Å². The average molecular weight is 501 g/mol. The molecule has 0 saturated carbocycles. The molecule has 3 aromatic rings. The van der Waals surface area contributed by atoms with Gasteiger partial charge in [-0.1, -0.05) is 18.2 Å². The van der Waals surface area contributed by atoms with Crippen molar-refractivity contribution in [3.05, 3.63) is 95.1 Å². The number of pyridine rings is 1. The summed E-state index contributed by atoms with van der Waals surface area (Å²) in [6.07, 6.45) is 4.75. The molecule has 0 aliphatic carbocycles. The number of nitrogens with zero attached hydrogens (tertiary/aromatic N) is 4. The molecule has 2 aliphatic rings. The highest BCUT2D eigenvalue weighted by atomic mass is 32.2. The molecule has 2 aromatic carbocycles. The van der Waals surface area contributed by atoms with Crippen LogP contribution < -0.4 is 9.47 Å². The van der Waals surface area contributed by atoms with Gasteiger partial charge in [0.2, 0.25) is 5.17 Å². The van der Waals surface area contributed by atoms with Crippen molar-refractivity contribution in [2.75, 3.05) is 7.11 Å². The van der Waals surface area contributed by atoms with E-state index in [1.807, 2.05) is 6.07 Å².